The Morgan fingerprint density at radius 3 is 3.27 bits per heavy atom. The molecule has 60 valence electrons. The van der Waals surface area contributed by atoms with Crippen molar-refractivity contribution in [1.82, 2.24) is 5.32 Å². The Bertz CT molecular complexity index is 213. The van der Waals surface area contributed by atoms with Crippen molar-refractivity contribution in [3.05, 3.63) is 23.4 Å². The third-order valence-corrected chi connectivity index (χ3v) is 2.56. The molecule has 0 aromatic rings. The van der Waals surface area contributed by atoms with Crippen molar-refractivity contribution in [2.45, 2.75) is 38.6 Å². The van der Waals surface area contributed by atoms with Gasteiger partial charge in [-0.2, -0.15) is 0 Å². The Kier molecular flexibility index (Phi) is 1.72. The fourth-order valence-corrected chi connectivity index (χ4v) is 1.85. The van der Waals surface area contributed by atoms with E-state index >= 15 is 0 Å². The van der Waals surface area contributed by atoms with E-state index in [-0.39, 0.29) is 0 Å². The lowest BCUT2D eigenvalue weighted by Crippen LogP contribution is -2.30. The molecule has 0 amide bonds. The molecule has 0 saturated carbocycles. The van der Waals surface area contributed by atoms with Crippen LogP contribution in [-0.2, 0) is 0 Å². The van der Waals surface area contributed by atoms with E-state index in [0.717, 1.165) is 0 Å². The predicted molar refractivity (Wildman–Crippen MR) is 47.2 cm³/mol. The minimum absolute atomic E-state index is 0.677. The van der Waals surface area contributed by atoms with Crippen LogP contribution in [0.4, 0.5) is 0 Å². The maximum Gasteiger partial charge on any atom is 0.0331 e. The molecule has 0 aromatic carbocycles. The largest absolute Gasteiger partial charge is 0.383 e. The standard InChI is InChI=1S/C10H15N/c1-8-6-7-9-4-2-3-5-10(9)11-8/h3,5,8,11H,2,4,6-7H2,1H3. The molecule has 1 aliphatic carbocycles. The third-order valence-electron chi connectivity index (χ3n) is 2.56. The topological polar surface area (TPSA) is 12.0 Å². The number of allylic oxidation sites excluding steroid dienone is 3. The van der Waals surface area contributed by atoms with Crippen molar-refractivity contribution in [2.24, 2.45) is 0 Å². The van der Waals surface area contributed by atoms with Crippen LogP contribution in [0.2, 0.25) is 0 Å². The molecule has 0 saturated heterocycles. The summed E-state index contributed by atoms with van der Waals surface area (Å²) in [6.07, 6.45) is 9.67. The van der Waals surface area contributed by atoms with Gasteiger partial charge in [0.15, 0.2) is 0 Å². The molecule has 0 spiro atoms. The second kappa shape index (κ2) is 2.72. The molecule has 1 heterocycles. The van der Waals surface area contributed by atoms with E-state index in [1.165, 1.54) is 31.4 Å². The summed E-state index contributed by atoms with van der Waals surface area (Å²) in [5.74, 6) is 0. The predicted octanol–water partition coefficient (Wildman–Crippen LogP) is 2.36. The van der Waals surface area contributed by atoms with Crippen molar-refractivity contribution in [1.29, 1.82) is 0 Å². The average Bonchev–Trinajstić information content (AvgIpc) is 2.04. The first kappa shape index (κ1) is 6.96. The number of hydrogen-bond donors (Lipinski definition) is 1. The summed E-state index contributed by atoms with van der Waals surface area (Å²) in [7, 11) is 0. The van der Waals surface area contributed by atoms with Crippen molar-refractivity contribution >= 4 is 0 Å². The maximum absolute atomic E-state index is 3.51. The lowest BCUT2D eigenvalue weighted by molar-refractivity contribution is 0.522. The Labute approximate surface area is 68.2 Å². The van der Waals surface area contributed by atoms with Gasteiger partial charge in [0.05, 0.1) is 0 Å². The molecular formula is C10H15N. The minimum Gasteiger partial charge on any atom is -0.383 e. The minimum atomic E-state index is 0.677. The van der Waals surface area contributed by atoms with Crippen molar-refractivity contribution < 1.29 is 0 Å². The Balaban J connectivity index is 2.19. The first-order valence-electron chi connectivity index (χ1n) is 4.51. The van der Waals surface area contributed by atoms with Crippen LogP contribution in [0.5, 0.6) is 0 Å². The van der Waals surface area contributed by atoms with Gasteiger partial charge >= 0.3 is 0 Å². The first-order valence-corrected chi connectivity index (χ1v) is 4.51. The van der Waals surface area contributed by atoms with Gasteiger partial charge in [0.2, 0.25) is 0 Å². The summed E-state index contributed by atoms with van der Waals surface area (Å²) in [6, 6.07) is 0.677. The second-order valence-corrected chi connectivity index (χ2v) is 3.54. The van der Waals surface area contributed by atoms with Crippen LogP contribution < -0.4 is 5.32 Å². The van der Waals surface area contributed by atoms with Gasteiger partial charge in [-0.05, 0) is 44.3 Å². The fraction of sp³-hybridized carbons (Fsp3) is 0.600. The zero-order valence-corrected chi connectivity index (χ0v) is 7.06. The molecule has 1 heteroatoms. The molecule has 1 nitrogen and oxygen atoms in total. The molecule has 1 N–H and O–H groups in total. The van der Waals surface area contributed by atoms with Gasteiger partial charge in [0.25, 0.3) is 0 Å². The summed E-state index contributed by atoms with van der Waals surface area (Å²) < 4.78 is 0. The Morgan fingerprint density at radius 2 is 2.36 bits per heavy atom. The van der Waals surface area contributed by atoms with Gasteiger partial charge in [-0.3, -0.25) is 0 Å². The highest BCUT2D eigenvalue weighted by atomic mass is 14.9. The molecular weight excluding hydrogens is 134 g/mol. The SMILES string of the molecule is CC1CCC2=C(C=CCC2)N1. The molecule has 1 atom stereocenters. The summed E-state index contributed by atoms with van der Waals surface area (Å²) in [6.45, 7) is 2.26. The van der Waals surface area contributed by atoms with E-state index < -0.39 is 0 Å². The van der Waals surface area contributed by atoms with Crippen LogP contribution in [0.1, 0.15) is 32.6 Å². The maximum atomic E-state index is 3.51. The monoisotopic (exact) mass is 149 g/mol. The van der Waals surface area contributed by atoms with Gasteiger partial charge in [-0.25, -0.2) is 0 Å². The quantitative estimate of drug-likeness (QED) is 0.557. The molecule has 2 aliphatic rings. The van der Waals surface area contributed by atoms with Gasteiger partial charge in [-0.15, -0.1) is 0 Å². The van der Waals surface area contributed by atoms with Gasteiger partial charge in [0.1, 0.15) is 0 Å². The molecule has 11 heavy (non-hydrogen) atoms. The molecule has 0 aromatic heterocycles. The van der Waals surface area contributed by atoms with Crippen LogP contribution in [-0.4, -0.2) is 6.04 Å². The third kappa shape index (κ3) is 1.32. The van der Waals surface area contributed by atoms with Crippen molar-refractivity contribution in [3.63, 3.8) is 0 Å². The molecule has 2 rings (SSSR count). The average molecular weight is 149 g/mol. The van der Waals surface area contributed by atoms with Gasteiger partial charge in [0, 0.05) is 11.7 Å². The fourth-order valence-electron chi connectivity index (χ4n) is 1.85. The van der Waals surface area contributed by atoms with Gasteiger partial charge in [-0.1, -0.05) is 6.08 Å². The zero-order chi connectivity index (χ0) is 7.68. The highest BCUT2D eigenvalue weighted by Crippen LogP contribution is 2.26. The highest BCUT2D eigenvalue weighted by molar-refractivity contribution is 5.30. The van der Waals surface area contributed by atoms with Crippen LogP contribution in [0.15, 0.2) is 23.4 Å². The van der Waals surface area contributed by atoms with E-state index in [9.17, 15) is 0 Å². The summed E-state index contributed by atoms with van der Waals surface area (Å²) in [5, 5.41) is 3.51. The van der Waals surface area contributed by atoms with E-state index in [1.54, 1.807) is 5.57 Å². The molecule has 0 bridgehead atoms. The molecule has 1 unspecified atom stereocenters. The number of rotatable bonds is 0. The van der Waals surface area contributed by atoms with Crippen LogP contribution in [0, 0.1) is 0 Å². The van der Waals surface area contributed by atoms with E-state index in [2.05, 4.69) is 24.4 Å². The highest BCUT2D eigenvalue weighted by Gasteiger charge is 2.16. The smallest absolute Gasteiger partial charge is 0.0331 e. The number of nitrogens with one attached hydrogen (secondary N) is 1. The molecule has 1 aliphatic heterocycles. The van der Waals surface area contributed by atoms with Gasteiger partial charge < -0.3 is 5.32 Å². The van der Waals surface area contributed by atoms with Crippen LogP contribution in [0.25, 0.3) is 0 Å². The zero-order valence-electron chi connectivity index (χ0n) is 7.06. The van der Waals surface area contributed by atoms with Crippen LogP contribution in [0.3, 0.4) is 0 Å². The summed E-state index contributed by atoms with van der Waals surface area (Å²) in [4.78, 5) is 0. The van der Waals surface area contributed by atoms with Crippen LogP contribution >= 0.6 is 0 Å². The van der Waals surface area contributed by atoms with Crippen molar-refractivity contribution in [2.75, 3.05) is 0 Å². The lowest BCUT2D eigenvalue weighted by atomic mass is 9.92. The van der Waals surface area contributed by atoms with E-state index in [1.807, 2.05) is 0 Å². The normalized spacial score (nSPS) is 29.7. The second-order valence-electron chi connectivity index (χ2n) is 3.54. The summed E-state index contributed by atoms with van der Waals surface area (Å²) in [5.41, 5.74) is 3.06. The number of hydrogen-bond acceptors (Lipinski definition) is 1. The molecule has 0 radical (unpaired) electrons. The Hall–Kier alpha value is -0.720. The lowest BCUT2D eigenvalue weighted by Gasteiger charge is -2.27. The van der Waals surface area contributed by atoms with E-state index in [4.69, 9.17) is 0 Å². The van der Waals surface area contributed by atoms with Crippen molar-refractivity contribution in [3.8, 4) is 0 Å². The first-order chi connectivity index (χ1) is 5.36. The molecule has 0 fully saturated rings. The summed E-state index contributed by atoms with van der Waals surface area (Å²) >= 11 is 0. The Morgan fingerprint density at radius 1 is 1.45 bits per heavy atom. The van der Waals surface area contributed by atoms with E-state index in [0.29, 0.717) is 6.04 Å².